The maximum absolute atomic E-state index is 15.7. The number of anilines is 2. The van der Waals surface area contributed by atoms with E-state index in [2.05, 4.69) is 54.8 Å². The van der Waals surface area contributed by atoms with Crippen molar-refractivity contribution in [3.05, 3.63) is 93.5 Å². The molecule has 7 rings (SSSR count). The largest absolute Gasteiger partial charge is 0.396 e. The number of hydrogen-bond acceptors (Lipinski definition) is 7. The molecule has 4 aromatic rings. The molecule has 3 aromatic heterocycles. The quantitative estimate of drug-likeness (QED) is 0.247. The highest BCUT2D eigenvalue weighted by atomic mass is 35.5. The van der Waals surface area contributed by atoms with Gasteiger partial charge in [0.15, 0.2) is 5.43 Å². The SMILES string of the molecule is Cc1ccc(N2CCC[C@H](N(Cc3ccnc(C)c3)Cc3cn(C4CC4)c4cc(N5CCC(CO)C5)c(F)cc4c3=O)C2)cn1.Cl. The van der Waals surface area contributed by atoms with Crippen LogP contribution >= 0.6 is 12.4 Å². The summed E-state index contributed by atoms with van der Waals surface area (Å²) in [5.74, 6) is -0.210. The molecule has 1 aliphatic carbocycles. The lowest BCUT2D eigenvalue weighted by atomic mass is 10.0. The Morgan fingerprint density at radius 2 is 1.80 bits per heavy atom. The molecule has 3 fully saturated rings. The zero-order chi connectivity index (χ0) is 31.1. The lowest BCUT2D eigenvalue weighted by Crippen LogP contribution is -2.48. The van der Waals surface area contributed by atoms with Crippen LogP contribution in [0.25, 0.3) is 10.9 Å². The first kappa shape index (κ1) is 32.4. The van der Waals surface area contributed by atoms with Crippen molar-refractivity contribution < 1.29 is 9.50 Å². The predicted octanol–water partition coefficient (Wildman–Crippen LogP) is 5.79. The van der Waals surface area contributed by atoms with Crippen LogP contribution in [0.4, 0.5) is 15.8 Å². The van der Waals surface area contributed by atoms with E-state index in [1.54, 1.807) is 0 Å². The van der Waals surface area contributed by atoms with Gasteiger partial charge in [0.05, 0.1) is 23.1 Å². The summed E-state index contributed by atoms with van der Waals surface area (Å²) < 4.78 is 17.9. The van der Waals surface area contributed by atoms with Gasteiger partial charge in [-0.1, -0.05) is 0 Å². The fourth-order valence-electron chi connectivity index (χ4n) is 7.23. The molecule has 1 aromatic carbocycles. The van der Waals surface area contributed by atoms with Gasteiger partial charge in [0.1, 0.15) is 5.82 Å². The van der Waals surface area contributed by atoms with Crippen LogP contribution in [0.5, 0.6) is 0 Å². The zero-order valence-corrected chi connectivity index (χ0v) is 27.6. The van der Waals surface area contributed by atoms with Crippen molar-refractivity contribution in [1.82, 2.24) is 19.4 Å². The summed E-state index contributed by atoms with van der Waals surface area (Å²) >= 11 is 0. The zero-order valence-electron chi connectivity index (χ0n) is 26.7. The second-order valence-corrected chi connectivity index (χ2v) is 13.3. The number of aliphatic hydroxyl groups is 1. The number of piperidine rings is 1. The molecule has 3 aliphatic rings. The lowest BCUT2D eigenvalue weighted by molar-refractivity contribution is 0.158. The highest BCUT2D eigenvalue weighted by molar-refractivity contribution is 5.85. The van der Waals surface area contributed by atoms with Gasteiger partial charge >= 0.3 is 0 Å². The van der Waals surface area contributed by atoms with Crippen molar-refractivity contribution in [3.63, 3.8) is 0 Å². The number of nitrogens with zero attached hydrogens (tertiary/aromatic N) is 6. The van der Waals surface area contributed by atoms with Crippen molar-refractivity contribution in [2.24, 2.45) is 5.92 Å². The maximum Gasteiger partial charge on any atom is 0.193 e. The van der Waals surface area contributed by atoms with Crippen LogP contribution in [0.2, 0.25) is 0 Å². The van der Waals surface area contributed by atoms with E-state index < -0.39 is 0 Å². The minimum Gasteiger partial charge on any atom is -0.396 e. The molecule has 2 saturated heterocycles. The third-order valence-corrected chi connectivity index (χ3v) is 9.89. The molecule has 2 aliphatic heterocycles. The third-order valence-electron chi connectivity index (χ3n) is 9.89. The first-order valence-corrected chi connectivity index (χ1v) is 16.4. The van der Waals surface area contributed by atoms with Crippen LogP contribution in [0.15, 0.2) is 59.8 Å². The number of halogens is 2. The van der Waals surface area contributed by atoms with Crippen LogP contribution in [0.3, 0.4) is 0 Å². The van der Waals surface area contributed by atoms with Gasteiger partial charge < -0.3 is 19.5 Å². The molecule has 244 valence electrons. The van der Waals surface area contributed by atoms with Crippen molar-refractivity contribution >= 4 is 34.7 Å². The topological polar surface area (TPSA) is 77.7 Å². The Bertz CT molecular complexity index is 1740. The molecular formula is C36H44ClFN6O2. The molecule has 0 spiro atoms. The van der Waals surface area contributed by atoms with Gasteiger partial charge in [0.25, 0.3) is 0 Å². The molecule has 5 heterocycles. The van der Waals surface area contributed by atoms with Crippen molar-refractivity contribution in [2.45, 2.75) is 71.1 Å². The second-order valence-electron chi connectivity index (χ2n) is 13.3. The normalized spacial score (nSPS) is 20.0. The summed E-state index contributed by atoms with van der Waals surface area (Å²) in [6, 6.07) is 12.3. The summed E-state index contributed by atoms with van der Waals surface area (Å²) in [5.41, 5.74) is 6.23. The van der Waals surface area contributed by atoms with Crippen LogP contribution in [0.1, 0.15) is 60.7 Å². The van der Waals surface area contributed by atoms with Crippen molar-refractivity contribution in [2.75, 3.05) is 42.6 Å². The number of aromatic nitrogens is 3. The van der Waals surface area contributed by atoms with E-state index in [1.807, 2.05) is 37.2 Å². The maximum atomic E-state index is 15.7. The Labute approximate surface area is 276 Å². The summed E-state index contributed by atoms with van der Waals surface area (Å²) in [7, 11) is 0. The Morgan fingerprint density at radius 1 is 0.957 bits per heavy atom. The average Bonchev–Trinajstić information content (AvgIpc) is 3.78. The molecule has 1 unspecified atom stereocenters. The highest BCUT2D eigenvalue weighted by Crippen LogP contribution is 2.39. The fraction of sp³-hybridized carbons (Fsp3) is 0.472. The molecule has 2 atom stereocenters. The predicted molar refractivity (Wildman–Crippen MR) is 184 cm³/mol. The number of aryl methyl sites for hydroxylation is 2. The van der Waals surface area contributed by atoms with Gasteiger partial charge in [-0.15, -0.1) is 12.4 Å². The van der Waals surface area contributed by atoms with Crippen LogP contribution in [0, 0.1) is 25.6 Å². The minimum absolute atomic E-state index is 0. The number of hydrogen-bond donors (Lipinski definition) is 1. The molecule has 0 radical (unpaired) electrons. The number of aliphatic hydroxyl groups excluding tert-OH is 1. The first-order valence-electron chi connectivity index (χ1n) is 16.4. The highest BCUT2D eigenvalue weighted by Gasteiger charge is 2.31. The Kier molecular flexibility index (Phi) is 9.64. The number of fused-ring (bicyclic) bond motifs is 1. The van der Waals surface area contributed by atoms with Crippen LogP contribution in [-0.4, -0.2) is 63.4 Å². The number of pyridine rings is 3. The molecule has 10 heteroatoms. The molecular weight excluding hydrogens is 603 g/mol. The van der Waals surface area contributed by atoms with E-state index >= 15 is 4.39 Å². The fourth-order valence-corrected chi connectivity index (χ4v) is 7.23. The lowest BCUT2D eigenvalue weighted by Gasteiger charge is -2.40. The van der Waals surface area contributed by atoms with Gasteiger partial charge in [-0.3, -0.25) is 19.7 Å². The minimum atomic E-state index is -0.364. The standard InChI is InChI=1S/C36H43FN6O2.ClH/c1-24-5-6-30(17-39-24)40-12-3-4-31(22-40)42(18-26-9-11-38-25(2)14-26)20-28-21-43(29-7-8-29)34-16-35(33(37)15-32(34)36(28)45)41-13-10-27(19-41)23-44;/h5-6,9,11,14-17,21,27,29,31,44H,3-4,7-8,10,12-13,18-20,22-23H2,1-2H3;1H/t27?,31-;/m0./s1. The van der Waals surface area contributed by atoms with Gasteiger partial charge in [0, 0.05) is 98.6 Å². The third kappa shape index (κ3) is 6.77. The monoisotopic (exact) mass is 646 g/mol. The molecule has 1 saturated carbocycles. The van der Waals surface area contributed by atoms with Crippen LogP contribution in [-0.2, 0) is 13.1 Å². The van der Waals surface area contributed by atoms with Crippen molar-refractivity contribution in [1.29, 1.82) is 0 Å². The van der Waals surface area contributed by atoms with E-state index in [-0.39, 0.29) is 42.2 Å². The van der Waals surface area contributed by atoms with Gasteiger partial charge in [0.2, 0.25) is 0 Å². The summed E-state index contributed by atoms with van der Waals surface area (Å²) in [6.07, 6.45) is 10.9. The second kappa shape index (κ2) is 13.7. The summed E-state index contributed by atoms with van der Waals surface area (Å²) in [5, 5.41) is 10.1. The first-order chi connectivity index (χ1) is 21.9. The summed E-state index contributed by atoms with van der Waals surface area (Å²) in [4.78, 5) is 30.0. The Morgan fingerprint density at radius 3 is 2.52 bits per heavy atom. The van der Waals surface area contributed by atoms with Crippen LogP contribution < -0.4 is 15.2 Å². The van der Waals surface area contributed by atoms with E-state index in [4.69, 9.17) is 0 Å². The Hall–Kier alpha value is -3.53. The van der Waals surface area contributed by atoms with E-state index in [0.717, 1.165) is 67.8 Å². The molecule has 1 N–H and O–H groups in total. The van der Waals surface area contributed by atoms with E-state index in [9.17, 15) is 9.90 Å². The smallest absolute Gasteiger partial charge is 0.193 e. The van der Waals surface area contributed by atoms with Crippen molar-refractivity contribution in [3.8, 4) is 0 Å². The molecule has 0 amide bonds. The van der Waals surface area contributed by atoms with Gasteiger partial charge in [-0.05, 0) is 87.9 Å². The number of benzene rings is 1. The van der Waals surface area contributed by atoms with E-state index in [1.165, 1.54) is 11.6 Å². The van der Waals surface area contributed by atoms with Gasteiger partial charge in [-0.2, -0.15) is 0 Å². The molecule has 46 heavy (non-hydrogen) atoms. The Balaban J connectivity index is 0.00000372. The molecule has 8 nitrogen and oxygen atoms in total. The van der Waals surface area contributed by atoms with Gasteiger partial charge in [-0.25, -0.2) is 4.39 Å². The van der Waals surface area contributed by atoms with E-state index in [0.29, 0.717) is 48.9 Å². The summed E-state index contributed by atoms with van der Waals surface area (Å²) in [6.45, 7) is 8.47. The number of rotatable bonds is 9. The average molecular weight is 647 g/mol. The molecule has 0 bridgehead atoms.